The summed E-state index contributed by atoms with van der Waals surface area (Å²) in [6.07, 6.45) is 0.584. The summed E-state index contributed by atoms with van der Waals surface area (Å²) in [6.45, 7) is 1.17. The van der Waals surface area contributed by atoms with Gasteiger partial charge in [-0.15, -0.1) is 0 Å². The SMILES string of the molecule is Nn1c(Cc2ccc3c(c2)OCCO3)n[nH]c1=S. The van der Waals surface area contributed by atoms with Gasteiger partial charge < -0.3 is 15.3 Å². The molecule has 6 nitrogen and oxygen atoms in total. The molecule has 7 heteroatoms. The molecule has 2 heterocycles. The number of ether oxygens (including phenoxy) is 2. The molecular weight excluding hydrogens is 252 g/mol. The van der Waals surface area contributed by atoms with Gasteiger partial charge in [-0.25, -0.2) is 4.68 Å². The summed E-state index contributed by atoms with van der Waals surface area (Å²) in [7, 11) is 0. The summed E-state index contributed by atoms with van der Waals surface area (Å²) in [5.41, 5.74) is 1.04. The monoisotopic (exact) mass is 264 g/mol. The van der Waals surface area contributed by atoms with Gasteiger partial charge in [0, 0.05) is 6.42 Å². The molecule has 0 fully saturated rings. The van der Waals surface area contributed by atoms with Crippen molar-refractivity contribution >= 4 is 12.2 Å². The fourth-order valence-corrected chi connectivity index (χ4v) is 1.99. The van der Waals surface area contributed by atoms with Crippen molar-refractivity contribution in [2.45, 2.75) is 6.42 Å². The number of nitrogen functional groups attached to an aromatic ring is 1. The first kappa shape index (κ1) is 11.1. The van der Waals surface area contributed by atoms with Gasteiger partial charge in [-0.1, -0.05) is 6.07 Å². The maximum absolute atomic E-state index is 5.75. The van der Waals surface area contributed by atoms with E-state index in [9.17, 15) is 0 Å². The van der Waals surface area contributed by atoms with Gasteiger partial charge in [0.2, 0.25) is 4.77 Å². The van der Waals surface area contributed by atoms with Crippen LogP contribution in [0, 0.1) is 4.77 Å². The third-order valence-electron chi connectivity index (χ3n) is 2.75. The Labute approximate surface area is 108 Å². The standard InChI is InChI=1S/C11H12N4O2S/c12-15-10(13-14-11(15)18)6-7-1-2-8-9(5-7)17-4-3-16-8/h1-2,5H,3-4,6,12H2,(H,14,18). The molecule has 0 atom stereocenters. The molecule has 0 amide bonds. The Balaban J connectivity index is 1.89. The van der Waals surface area contributed by atoms with E-state index >= 15 is 0 Å². The normalized spacial score (nSPS) is 13.6. The summed E-state index contributed by atoms with van der Waals surface area (Å²) in [5.74, 6) is 7.96. The van der Waals surface area contributed by atoms with Gasteiger partial charge in [0.05, 0.1) is 0 Å². The van der Waals surface area contributed by atoms with Gasteiger partial charge in [0.25, 0.3) is 0 Å². The van der Waals surface area contributed by atoms with Gasteiger partial charge in [-0.05, 0) is 29.9 Å². The maximum Gasteiger partial charge on any atom is 0.214 e. The molecule has 1 aromatic carbocycles. The molecule has 1 aliphatic heterocycles. The number of nitrogens with one attached hydrogen (secondary N) is 1. The molecule has 94 valence electrons. The third kappa shape index (κ3) is 1.92. The summed E-state index contributed by atoms with van der Waals surface area (Å²) in [5, 5.41) is 6.73. The molecule has 0 bridgehead atoms. The Hall–Kier alpha value is -2.02. The first-order chi connectivity index (χ1) is 8.74. The van der Waals surface area contributed by atoms with Gasteiger partial charge in [-0.2, -0.15) is 5.10 Å². The van der Waals surface area contributed by atoms with Crippen LogP contribution in [0.25, 0.3) is 0 Å². The first-order valence-corrected chi connectivity index (χ1v) is 5.95. The highest BCUT2D eigenvalue weighted by atomic mass is 32.1. The molecular formula is C11H12N4O2S. The van der Waals surface area contributed by atoms with Crippen LogP contribution >= 0.6 is 12.2 Å². The molecule has 0 radical (unpaired) electrons. The number of H-pyrrole nitrogens is 1. The largest absolute Gasteiger partial charge is 0.486 e. The van der Waals surface area contributed by atoms with E-state index in [1.165, 1.54) is 4.68 Å². The topological polar surface area (TPSA) is 78.1 Å². The van der Waals surface area contributed by atoms with Crippen molar-refractivity contribution in [3.8, 4) is 11.5 Å². The molecule has 0 saturated carbocycles. The zero-order valence-corrected chi connectivity index (χ0v) is 10.4. The van der Waals surface area contributed by atoms with Gasteiger partial charge in [-0.3, -0.25) is 5.10 Å². The highest BCUT2D eigenvalue weighted by molar-refractivity contribution is 7.71. The lowest BCUT2D eigenvalue weighted by Crippen LogP contribution is -2.16. The van der Waals surface area contributed by atoms with Crippen molar-refractivity contribution in [1.29, 1.82) is 0 Å². The summed E-state index contributed by atoms with van der Waals surface area (Å²) in [6, 6.07) is 5.80. The van der Waals surface area contributed by atoms with Crippen LogP contribution in [0.2, 0.25) is 0 Å². The Kier molecular flexibility index (Phi) is 2.67. The molecule has 1 aliphatic rings. The molecule has 0 spiro atoms. The second kappa shape index (κ2) is 4.34. The van der Waals surface area contributed by atoms with E-state index in [1.54, 1.807) is 0 Å². The van der Waals surface area contributed by atoms with Crippen molar-refractivity contribution in [2.24, 2.45) is 0 Å². The highest BCUT2D eigenvalue weighted by Gasteiger charge is 2.13. The van der Waals surface area contributed by atoms with Crippen molar-refractivity contribution in [3.63, 3.8) is 0 Å². The van der Waals surface area contributed by atoms with Crippen molar-refractivity contribution in [1.82, 2.24) is 14.9 Å². The lowest BCUT2D eigenvalue weighted by atomic mass is 10.1. The number of rotatable bonds is 2. The molecule has 2 aromatic rings. The predicted molar refractivity (Wildman–Crippen MR) is 67.8 cm³/mol. The number of benzene rings is 1. The number of aromatic nitrogens is 3. The molecule has 3 rings (SSSR count). The van der Waals surface area contributed by atoms with Crippen LogP contribution in [0.3, 0.4) is 0 Å². The zero-order valence-electron chi connectivity index (χ0n) is 9.55. The molecule has 18 heavy (non-hydrogen) atoms. The van der Waals surface area contributed by atoms with Crippen LogP contribution in [0.4, 0.5) is 0 Å². The van der Waals surface area contributed by atoms with Crippen molar-refractivity contribution < 1.29 is 9.47 Å². The molecule has 3 N–H and O–H groups in total. The average Bonchev–Trinajstić information content (AvgIpc) is 2.71. The minimum absolute atomic E-state index is 0.405. The predicted octanol–water partition coefficient (Wildman–Crippen LogP) is 1.02. The molecule has 1 aromatic heterocycles. The number of hydrogen-bond acceptors (Lipinski definition) is 5. The Morgan fingerprint density at radius 3 is 2.83 bits per heavy atom. The van der Waals surface area contributed by atoms with E-state index in [-0.39, 0.29) is 0 Å². The summed E-state index contributed by atoms with van der Waals surface area (Å²) in [4.78, 5) is 0. The van der Waals surface area contributed by atoms with Crippen LogP contribution in [0.15, 0.2) is 18.2 Å². The number of aromatic amines is 1. The Morgan fingerprint density at radius 2 is 2.11 bits per heavy atom. The number of nitrogens with zero attached hydrogens (tertiary/aromatic N) is 2. The van der Waals surface area contributed by atoms with E-state index in [4.69, 9.17) is 27.5 Å². The fraction of sp³-hybridized carbons (Fsp3) is 0.273. The molecule has 0 saturated heterocycles. The van der Waals surface area contributed by atoms with Crippen LogP contribution in [0.1, 0.15) is 11.4 Å². The third-order valence-corrected chi connectivity index (χ3v) is 3.03. The lowest BCUT2D eigenvalue weighted by molar-refractivity contribution is 0.171. The van der Waals surface area contributed by atoms with E-state index < -0.39 is 0 Å². The average molecular weight is 264 g/mol. The highest BCUT2D eigenvalue weighted by Crippen LogP contribution is 2.31. The fourth-order valence-electron chi connectivity index (χ4n) is 1.84. The minimum atomic E-state index is 0.405. The van der Waals surface area contributed by atoms with E-state index in [0.717, 1.165) is 17.1 Å². The van der Waals surface area contributed by atoms with Crippen molar-refractivity contribution in [2.75, 3.05) is 19.1 Å². The minimum Gasteiger partial charge on any atom is -0.486 e. The van der Waals surface area contributed by atoms with Gasteiger partial charge in [0.15, 0.2) is 17.3 Å². The van der Waals surface area contributed by atoms with E-state index in [0.29, 0.717) is 30.2 Å². The van der Waals surface area contributed by atoms with Crippen LogP contribution in [-0.2, 0) is 6.42 Å². The summed E-state index contributed by atoms with van der Waals surface area (Å²) < 4.78 is 12.8. The van der Waals surface area contributed by atoms with Crippen LogP contribution in [-0.4, -0.2) is 28.1 Å². The summed E-state index contributed by atoms with van der Waals surface area (Å²) >= 11 is 4.96. The first-order valence-electron chi connectivity index (χ1n) is 5.54. The Bertz CT molecular complexity index is 634. The van der Waals surface area contributed by atoms with E-state index in [2.05, 4.69) is 10.2 Å². The maximum atomic E-state index is 5.75. The lowest BCUT2D eigenvalue weighted by Gasteiger charge is -2.18. The molecule has 0 aliphatic carbocycles. The second-order valence-corrected chi connectivity index (χ2v) is 4.36. The smallest absolute Gasteiger partial charge is 0.214 e. The number of fused-ring (bicyclic) bond motifs is 1. The molecule has 0 unspecified atom stereocenters. The van der Waals surface area contributed by atoms with Crippen LogP contribution in [0.5, 0.6) is 11.5 Å². The zero-order chi connectivity index (χ0) is 12.5. The quantitative estimate of drug-likeness (QED) is 0.625. The number of nitrogens with two attached hydrogens (primary N) is 1. The van der Waals surface area contributed by atoms with Gasteiger partial charge >= 0.3 is 0 Å². The number of hydrogen-bond donors (Lipinski definition) is 2. The van der Waals surface area contributed by atoms with Crippen molar-refractivity contribution in [3.05, 3.63) is 34.4 Å². The second-order valence-electron chi connectivity index (χ2n) is 3.97. The Morgan fingerprint density at radius 1 is 1.33 bits per heavy atom. The van der Waals surface area contributed by atoms with Gasteiger partial charge in [0.1, 0.15) is 13.2 Å². The van der Waals surface area contributed by atoms with E-state index in [1.807, 2.05) is 18.2 Å². The van der Waals surface area contributed by atoms with Crippen LogP contribution < -0.4 is 15.3 Å².